The molecule has 0 aromatic carbocycles. The highest BCUT2D eigenvalue weighted by Gasteiger charge is 2.31. The lowest BCUT2D eigenvalue weighted by atomic mass is 9.94. The summed E-state index contributed by atoms with van der Waals surface area (Å²) in [6.45, 7) is 2.16. The number of nitrogens with one attached hydrogen (secondary N) is 1. The van der Waals surface area contributed by atoms with Gasteiger partial charge in [-0.15, -0.1) is 0 Å². The molecule has 2 aliphatic heterocycles. The number of likely N-dealkylation sites (N-methyl/N-ethyl adjacent to an activating group) is 1. The third-order valence-corrected chi connectivity index (χ3v) is 4.87. The standard InChI is InChI=1S/C16H25N5O2/c1-19-7-5-17-14(19)8-12-4-3-6-21(10-12)16(23)18-13-9-15(22)20(2)11-13/h5,7,12-13H,3-4,6,8-11H2,1-2H3,(H,18,23)/t12-,13-/m0/s1. The fraction of sp³-hybridized carbons (Fsp3) is 0.688. The highest BCUT2D eigenvalue weighted by molar-refractivity contribution is 5.81. The lowest BCUT2D eigenvalue weighted by molar-refractivity contribution is -0.126. The van der Waals surface area contributed by atoms with E-state index in [1.54, 1.807) is 11.9 Å². The second kappa shape index (κ2) is 6.60. The molecule has 0 unspecified atom stereocenters. The number of rotatable bonds is 3. The van der Waals surface area contributed by atoms with Crippen molar-refractivity contribution in [2.24, 2.45) is 13.0 Å². The van der Waals surface area contributed by atoms with Gasteiger partial charge >= 0.3 is 6.03 Å². The first-order chi connectivity index (χ1) is 11.0. The van der Waals surface area contributed by atoms with Crippen LogP contribution >= 0.6 is 0 Å². The van der Waals surface area contributed by atoms with E-state index in [2.05, 4.69) is 10.3 Å². The van der Waals surface area contributed by atoms with Crippen LogP contribution in [0.3, 0.4) is 0 Å². The van der Waals surface area contributed by atoms with Crippen LogP contribution in [0.25, 0.3) is 0 Å². The monoisotopic (exact) mass is 319 g/mol. The number of likely N-dealkylation sites (tertiary alicyclic amines) is 2. The van der Waals surface area contributed by atoms with E-state index in [0.717, 1.165) is 38.2 Å². The van der Waals surface area contributed by atoms with Crippen molar-refractivity contribution < 1.29 is 9.59 Å². The zero-order chi connectivity index (χ0) is 16.4. The van der Waals surface area contributed by atoms with Gasteiger partial charge in [-0.05, 0) is 18.8 Å². The topological polar surface area (TPSA) is 70.5 Å². The van der Waals surface area contributed by atoms with Crippen molar-refractivity contribution in [1.29, 1.82) is 0 Å². The summed E-state index contributed by atoms with van der Waals surface area (Å²) in [5.74, 6) is 1.62. The third-order valence-electron chi connectivity index (χ3n) is 4.87. The Hall–Kier alpha value is -2.05. The fourth-order valence-corrected chi connectivity index (χ4v) is 3.49. The first kappa shape index (κ1) is 15.8. The number of piperidine rings is 1. The molecule has 2 aliphatic rings. The minimum absolute atomic E-state index is 0.0392. The minimum Gasteiger partial charge on any atom is -0.344 e. The van der Waals surface area contributed by atoms with Crippen molar-refractivity contribution >= 4 is 11.9 Å². The molecule has 1 N–H and O–H groups in total. The number of carbonyl (C=O) groups excluding carboxylic acids is 2. The zero-order valence-corrected chi connectivity index (χ0v) is 13.9. The van der Waals surface area contributed by atoms with Crippen LogP contribution in [-0.4, -0.2) is 64.0 Å². The van der Waals surface area contributed by atoms with Crippen molar-refractivity contribution in [3.63, 3.8) is 0 Å². The van der Waals surface area contributed by atoms with E-state index in [1.807, 2.05) is 28.9 Å². The van der Waals surface area contributed by atoms with Crippen LogP contribution in [0.2, 0.25) is 0 Å². The first-order valence-corrected chi connectivity index (χ1v) is 8.28. The molecule has 7 nitrogen and oxygen atoms in total. The summed E-state index contributed by atoms with van der Waals surface area (Å²) in [6.07, 6.45) is 7.23. The number of amides is 3. The van der Waals surface area contributed by atoms with Crippen molar-refractivity contribution in [2.75, 3.05) is 26.7 Å². The molecule has 0 radical (unpaired) electrons. The number of urea groups is 1. The van der Waals surface area contributed by atoms with Crippen molar-refractivity contribution in [3.05, 3.63) is 18.2 Å². The lowest BCUT2D eigenvalue weighted by Gasteiger charge is -2.33. The van der Waals surface area contributed by atoms with E-state index in [4.69, 9.17) is 0 Å². The summed E-state index contributed by atoms with van der Waals surface area (Å²) >= 11 is 0. The number of aromatic nitrogens is 2. The Morgan fingerprint density at radius 3 is 2.87 bits per heavy atom. The first-order valence-electron chi connectivity index (χ1n) is 8.28. The molecule has 0 spiro atoms. The van der Waals surface area contributed by atoms with Gasteiger partial charge in [-0.2, -0.15) is 0 Å². The molecule has 2 atom stereocenters. The van der Waals surface area contributed by atoms with Crippen molar-refractivity contribution in [3.8, 4) is 0 Å². The summed E-state index contributed by atoms with van der Waals surface area (Å²) in [5.41, 5.74) is 0. The molecular weight excluding hydrogens is 294 g/mol. The van der Waals surface area contributed by atoms with Gasteiger partial charge < -0.3 is 19.7 Å². The Morgan fingerprint density at radius 2 is 2.22 bits per heavy atom. The van der Waals surface area contributed by atoms with Gasteiger partial charge in [0.2, 0.25) is 5.91 Å². The maximum absolute atomic E-state index is 12.4. The predicted octanol–water partition coefficient (Wildman–Crippen LogP) is 0.615. The second-order valence-corrected chi connectivity index (χ2v) is 6.74. The molecule has 2 saturated heterocycles. The Balaban J connectivity index is 1.52. The van der Waals surface area contributed by atoms with Gasteiger partial charge in [-0.25, -0.2) is 9.78 Å². The third kappa shape index (κ3) is 3.65. The van der Waals surface area contributed by atoms with E-state index >= 15 is 0 Å². The van der Waals surface area contributed by atoms with Crippen molar-refractivity contribution in [2.45, 2.75) is 31.7 Å². The summed E-state index contributed by atoms with van der Waals surface area (Å²) < 4.78 is 2.04. The van der Waals surface area contributed by atoms with Gasteiger partial charge in [0, 0.05) is 59.0 Å². The van der Waals surface area contributed by atoms with Gasteiger partial charge in [0.05, 0.1) is 6.04 Å². The maximum atomic E-state index is 12.4. The highest BCUT2D eigenvalue weighted by atomic mass is 16.2. The number of nitrogens with zero attached hydrogens (tertiary/aromatic N) is 4. The Labute approximate surface area is 136 Å². The Morgan fingerprint density at radius 1 is 1.39 bits per heavy atom. The molecule has 2 fully saturated rings. The summed E-state index contributed by atoms with van der Waals surface area (Å²) in [5, 5.41) is 3.00. The van der Waals surface area contributed by atoms with Crippen LogP contribution in [0, 0.1) is 5.92 Å². The minimum atomic E-state index is -0.0603. The second-order valence-electron chi connectivity index (χ2n) is 6.74. The van der Waals surface area contributed by atoms with Gasteiger partial charge in [-0.3, -0.25) is 4.79 Å². The highest BCUT2D eigenvalue weighted by Crippen LogP contribution is 2.20. The summed E-state index contributed by atoms with van der Waals surface area (Å²) in [7, 11) is 3.78. The molecule has 0 aliphatic carbocycles. The number of aryl methyl sites for hydroxylation is 1. The molecule has 23 heavy (non-hydrogen) atoms. The quantitative estimate of drug-likeness (QED) is 0.887. The smallest absolute Gasteiger partial charge is 0.317 e. The van der Waals surface area contributed by atoms with E-state index < -0.39 is 0 Å². The maximum Gasteiger partial charge on any atom is 0.317 e. The van der Waals surface area contributed by atoms with E-state index in [-0.39, 0.29) is 18.0 Å². The zero-order valence-electron chi connectivity index (χ0n) is 13.9. The molecular formula is C16H25N5O2. The number of hydrogen-bond donors (Lipinski definition) is 1. The van der Waals surface area contributed by atoms with Crippen molar-refractivity contribution in [1.82, 2.24) is 24.7 Å². The van der Waals surface area contributed by atoms with Gasteiger partial charge in [0.15, 0.2) is 0 Å². The average molecular weight is 319 g/mol. The molecule has 7 heteroatoms. The predicted molar refractivity (Wildman–Crippen MR) is 85.8 cm³/mol. The molecule has 3 heterocycles. The fourth-order valence-electron chi connectivity index (χ4n) is 3.49. The molecule has 3 rings (SSSR count). The lowest BCUT2D eigenvalue weighted by Crippen LogP contribution is -2.49. The van der Waals surface area contributed by atoms with E-state index in [0.29, 0.717) is 18.9 Å². The molecule has 0 bridgehead atoms. The summed E-state index contributed by atoms with van der Waals surface area (Å²) in [6, 6.07) is -0.0995. The van der Waals surface area contributed by atoms with Gasteiger partial charge in [-0.1, -0.05) is 0 Å². The molecule has 1 aromatic heterocycles. The Bertz CT molecular complexity index is 585. The average Bonchev–Trinajstić information content (AvgIpc) is 3.06. The summed E-state index contributed by atoms with van der Waals surface area (Å²) in [4.78, 5) is 31.9. The van der Waals surface area contributed by atoms with Gasteiger partial charge in [0.1, 0.15) is 5.82 Å². The van der Waals surface area contributed by atoms with Crippen LogP contribution in [-0.2, 0) is 18.3 Å². The Kier molecular flexibility index (Phi) is 4.54. The van der Waals surface area contributed by atoms with Crippen LogP contribution in [0.4, 0.5) is 4.79 Å². The van der Waals surface area contributed by atoms with E-state index in [1.165, 1.54) is 0 Å². The SMILES string of the molecule is CN1C[C@@H](NC(=O)N2CCC[C@@H](Cc3nccn3C)C2)CC1=O. The molecule has 1 aromatic rings. The number of carbonyl (C=O) groups is 2. The normalized spacial score (nSPS) is 25.0. The molecule has 0 saturated carbocycles. The largest absolute Gasteiger partial charge is 0.344 e. The molecule has 126 valence electrons. The van der Waals surface area contributed by atoms with Crippen LogP contribution < -0.4 is 5.32 Å². The van der Waals surface area contributed by atoms with Gasteiger partial charge in [0.25, 0.3) is 0 Å². The number of imidazole rings is 1. The van der Waals surface area contributed by atoms with E-state index in [9.17, 15) is 9.59 Å². The van der Waals surface area contributed by atoms with Crippen LogP contribution in [0.1, 0.15) is 25.1 Å². The van der Waals surface area contributed by atoms with Crippen LogP contribution in [0.15, 0.2) is 12.4 Å². The number of hydrogen-bond acceptors (Lipinski definition) is 3. The van der Waals surface area contributed by atoms with Crippen LogP contribution in [0.5, 0.6) is 0 Å². The molecule has 3 amide bonds.